The van der Waals surface area contributed by atoms with Crippen molar-refractivity contribution in [1.82, 2.24) is 4.57 Å². The van der Waals surface area contributed by atoms with E-state index in [2.05, 4.69) is 28.1 Å². The minimum atomic E-state index is -0.467. The molecule has 36 heavy (non-hydrogen) atoms. The molecule has 5 heteroatoms. The van der Waals surface area contributed by atoms with Crippen LogP contribution in [0.5, 0.6) is 0 Å². The SMILES string of the molecule is NC(=O)c1cccc2c1c1[c]cc(-c3cccs3)cc1n2Cc1cccc(C(=O)c2ccccc2)c1. The molecule has 0 atom stereocenters. The van der Waals surface area contributed by atoms with Gasteiger partial charge in [0.2, 0.25) is 5.91 Å². The van der Waals surface area contributed by atoms with E-state index in [9.17, 15) is 9.59 Å². The lowest BCUT2D eigenvalue weighted by atomic mass is 10.0. The number of carbonyl (C=O) groups excluding carboxylic acids is 2. The normalized spacial score (nSPS) is 11.2. The van der Waals surface area contributed by atoms with Gasteiger partial charge in [-0.25, -0.2) is 0 Å². The minimum Gasteiger partial charge on any atom is -0.366 e. The van der Waals surface area contributed by atoms with Crippen molar-refractivity contribution >= 4 is 44.8 Å². The summed E-state index contributed by atoms with van der Waals surface area (Å²) in [5.74, 6) is -0.477. The van der Waals surface area contributed by atoms with Crippen molar-refractivity contribution in [2.24, 2.45) is 5.73 Å². The molecule has 4 aromatic carbocycles. The number of nitrogens with zero attached hydrogens (tertiary/aromatic N) is 1. The summed E-state index contributed by atoms with van der Waals surface area (Å²) < 4.78 is 2.18. The van der Waals surface area contributed by atoms with E-state index in [4.69, 9.17) is 5.73 Å². The number of primary amides is 1. The van der Waals surface area contributed by atoms with Crippen molar-refractivity contribution < 1.29 is 9.59 Å². The van der Waals surface area contributed by atoms with Gasteiger partial charge in [0, 0.05) is 38.9 Å². The molecule has 173 valence electrons. The van der Waals surface area contributed by atoms with Gasteiger partial charge in [-0.2, -0.15) is 0 Å². The highest BCUT2D eigenvalue weighted by molar-refractivity contribution is 7.13. The van der Waals surface area contributed by atoms with Crippen LogP contribution in [0, 0.1) is 6.07 Å². The summed E-state index contributed by atoms with van der Waals surface area (Å²) in [4.78, 5) is 26.5. The van der Waals surface area contributed by atoms with E-state index in [1.54, 1.807) is 17.4 Å². The summed E-state index contributed by atoms with van der Waals surface area (Å²) >= 11 is 1.67. The molecule has 0 saturated carbocycles. The second-order valence-corrected chi connectivity index (χ2v) is 9.62. The number of carbonyl (C=O) groups is 2. The van der Waals surface area contributed by atoms with Gasteiger partial charge in [0.15, 0.2) is 5.78 Å². The minimum absolute atomic E-state index is 0.0102. The van der Waals surface area contributed by atoms with Crippen LogP contribution >= 0.6 is 11.3 Å². The highest BCUT2D eigenvalue weighted by Gasteiger charge is 2.18. The monoisotopic (exact) mass is 485 g/mol. The summed E-state index contributed by atoms with van der Waals surface area (Å²) in [5.41, 5.74) is 11.4. The van der Waals surface area contributed by atoms with Crippen LogP contribution in [0.4, 0.5) is 0 Å². The number of rotatable bonds is 6. The zero-order valence-corrected chi connectivity index (χ0v) is 20.1. The van der Waals surface area contributed by atoms with Gasteiger partial charge in [-0.1, -0.05) is 60.7 Å². The number of ketones is 1. The molecule has 0 aliphatic carbocycles. The fourth-order valence-corrected chi connectivity index (χ4v) is 5.48. The number of benzene rings is 4. The van der Waals surface area contributed by atoms with Crippen molar-refractivity contribution in [2.45, 2.75) is 6.54 Å². The maximum Gasteiger partial charge on any atom is 0.249 e. The number of hydrogen-bond acceptors (Lipinski definition) is 3. The Morgan fingerprint density at radius 3 is 2.42 bits per heavy atom. The molecule has 4 nitrogen and oxygen atoms in total. The van der Waals surface area contributed by atoms with Crippen LogP contribution in [0.2, 0.25) is 0 Å². The quantitative estimate of drug-likeness (QED) is 0.267. The van der Waals surface area contributed by atoms with Crippen molar-refractivity contribution in [1.29, 1.82) is 0 Å². The van der Waals surface area contributed by atoms with E-state index in [0.29, 0.717) is 23.2 Å². The molecule has 2 aromatic heterocycles. The zero-order chi connectivity index (χ0) is 24.6. The molecule has 0 unspecified atom stereocenters. The van der Waals surface area contributed by atoms with E-state index in [-0.39, 0.29) is 5.78 Å². The van der Waals surface area contributed by atoms with E-state index in [1.807, 2.05) is 78.9 Å². The van der Waals surface area contributed by atoms with Gasteiger partial charge in [0.05, 0.1) is 11.0 Å². The first-order valence-corrected chi connectivity index (χ1v) is 12.5. The third-order valence-corrected chi connectivity index (χ3v) is 7.35. The highest BCUT2D eigenvalue weighted by Crippen LogP contribution is 2.35. The maximum atomic E-state index is 13.1. The van der Waals surface area contributed by atoms with Crippen molar-refractivity contribution in [3.63, 3.8) is 0 Å². The number of amides is 1. The fourth-order valence-electron chi connectivity index (χ4n) is 4.77. The maximum absolute atomic E-state index is 13.1. The predicted octanol–water partition coefficient (Wildman–Crippen LogP) is 6.70. The molecule has 6 rings (SSSR count). The highest BCUT2D eigenvalue weighted by atomic mass is 32.1. The Kier molecular flexibility index (Phi) is 5.47. The van der Waals surface area contributed by atoms with Crippen LogP contribution < -0.4 is 5.73 Å². The molecule has 1 amide bonds. The van der Waals surface area contributed by atoms with Crippen molar-refractivity contribution in [2.75, 3.05) is 0 Å². The van der Waals surface area contributed by atoms with Gasteiger partial charge in [-0.15, -0.1) is 11.3 Å². The van der Waals surface area contributed by atoms with Gasteiger partial charge in [0.1, 0.15) is 0 Å². The molecule has 0 fully saturated rings. The average Bonchev–Trinajstić information content (AvgIpc) is 3.56. The van der Waals surface area contributed by atoms with E-state index in [1.165, 1.54) is 0 Å². The second-order valence-electron chi connectivity index (χ2n) is 8.67. The molecule has 1 radical (unpaired) electrons. The van der Waals surface area contributed by atoms with E-state index < -0.39 is 5.91 Å². The summed E-state index contributed by atoms with van der Waals surface area (Å²) in [5, 5.41) is 3.71. The Labute approximate surface area is 212 Å². The Morgan fingerprint density at radius 1 is 0.833 bits per heavy atom. The van der Waals surface area contributed by atoms with Crippen molar-refractivity contribution in [3.05, 3.63) is 131 Å². The van der Waals surface area contributed by atoms with Gasteiger partial charge < -0.3 is 10.3 Å². The molecule has 0 bridgehead atoms. The molecular formula is C31H21N2O2S. The number of hydrogen-bond donors (Lipinski definition) is 1. The summed E-state index contributed by atoms with van der Waals surface area (Å²) in [7, 11) is 0. The standard InChI is InChI=1S/C31H21N2O2S/c32-31(35)25-11-5-12-26-29(25)24-15-14-22(28-13-6-16-36-28)18-27(24)33(26)19-20-7-4-10-23(17-20)30(34)21-8-2-1-3-9-21/h1-14,16-18H,19H2,(H2,32,35). The first-order valence-electron chi connectivity index (χ1n) is 11.6. The molecule has 0 spiro atoms. The van der Waals surface area contributed by atoms with Crippen LogP contribution in [0.1, 0.15) is 31.8 Å². The van der Waals surface area contributed by atoms with Gasteiger partial charge in [-0.3, -0.25) is 9.59 Å². The number of aromatic nitrogens is 1. The van der Waals surface area contributed by atoms with Gasteiger partial charge in [-0.05, 0) is 59.0 Å². The Hall–Kier alpha value is -4.48. The number of nitrogens with two attached hydrogens (primary N) is 1. The molecule has 2 heterocycles. The molecule has 6 aromatic rings. The Balaban J connectivity index is 1.52. The zero-order valence-electron chi connectivity index (χ0n) is 19.3. The van der Waals surface area contributed by atoms with Gasteiger partial charge in [0.25, 0.3) is 0 Å². The van der Waals surface area contributed by atoms with Crippen LogP contribution in [0.3, 0.4) is 0 Å². The van der Waals surface area contributed by atoms with E-state index in [0.717, 1.165) is 37.8 Å². The third-order valence-electron chi connectivity index (χ3n) is 6.43. The lowest BCUT2D eigenvalue weighted by molar-refractivity contribution is 0.1000. The summed E-state index contributed by atoms with van der Waals surface area (Å²) in [6.07, 6.45) is 0. The van der Waals surface area contributed by atoms with Crippen LogP contribution in [-0.2, 0) is 6.54 Å². The fraction of sp³-hybridized carbons (Fsp3) is 0.0323. The summed E-state index contributed by atoms with van der Waals surface area (Å²) in [6, 6.07) is 34.3. The van der Waals surface area contributed by atoms with Crippen molar-refractivity contribution in [3.8, 4) is 10.4 Å². The van der Waals surface area contributed by atoms with Crippen LogP contribution in [0.15, 0.2) is 102 Å². The molecule has 0 saturated heterocycles. The lowest BCUT2D eigenvalue weighted by Gasteiger charge is -2.10. The average molecular weight is 486 g/mol. The Bertz CT molecular complexity index is 1750. The third kappa shape index (κ3) is 3.80. The Morgan fingerprint density at radius 2 is 1.64 bits per heavy atom. The van der Waals surface area contributed by atoms with Gasteiger partial charge >= 0.3 is 0 Å². The topological polar surface area (TPSA) is 65.1 Å². The number of fused-ring (bicyclic) bond motifs is 3. The smallest absolute Gasteiger partial charge is 0.249 e. The molecule has 0 aliphatic heterocycles. The van der Waals surface area contributed by atoms with E-state index >= 15 is 0 Å². The second kappa shape index (κ2) is 8.95. The first-order chi connectivity index (χ1) is 17.6. The predicted molar refractivity (Wildman–Crippen MR) is 146 cm³/mol. The first kappa shape index (κ1) is 22.0. The van der Waals surface area contributed by atoms with Crippen LogP contribution in [-0.4, -0.2) is 16.3 Å². The summed E-state index contributed by atoms with van der Waals surface area (Å²) in [6.45, 7) is 0.528. The van der Waals surface area contributed by atoms with Crippen LogP contribution in [0.25, 0.3) is 32.2 Å². The lowest BCUT2D eigenvalue weighted by Crippen LogP contribution is -2.11. The molecular weight excluding hydrogens is 464 g/mol. The molecule has 0 aliphatic rings. The number of thiophene rings is 1. The largest absolute Gasteiger partial charge is 0.366 e. The molecule has 2 N–H and O–H groups in total.